The Morgan fingerprint density at radius 3 is 2.57 bits per heavy atom. The minimum absolute atomic E-state index is 0.0172. The van der Waals surface area contributed by atoms with Crippen LogP contribution in [0.2, 0.25) is 0 Å². The van der Waals surface area contributed by atoms with Crippen LogP contribution >= 0.6 is 0 Å². The largest absolute Gasteiger partial charge is 0.490 e. The van der Waals surface area contributed by atoms with Gasteiger partial charge >= 0.3 is 5.97 Å². The monoisotopic (exact) mass is 294 g/mol. The number of ether oxygens (including phenoxy) is 2. The number of rotatable bonds is 9. The third-order valence-corrected chi connectivity index (χ3v) is 2.92. The predicted molar refractivity (Wildman–Crippen MR) is 78.6 cm³/mol. The van der Waals surface area contributed by atoms with Crippen LogP contribution in [0.15, 0.2) is 18.2 Å². The van der Waals surface area contributed by atoms with Gasteiger partial charge in [-0.25, -0.2) is 0 Å². The van der Waals surface area contributed by atoms with Gasteiger partial charge in [0.1, 0.15) is 5.78 Å². The number of benzene rings is 1. The summed E-state index contributed by atoms with van der Waals surface area (Å²) in [4.78, 5) is 22.3. The van der Waals surface area contributed by atoms with Crippen molar-refractivity contribution in [2.45, 2.75) is 39.5 Å². The van der Waals surface area contributed by atoms with E-state index in [1.54, 1.807) is 6.07 Å². The number of aliphatic hydroxyl groups excluding tert-OH is 1. The maximum atomic E-state index is 11.3. The number of aryl methyl sites for hydroxylation is 1. The molecule has 1 rings (SSSR count). The number of aliphatic hydroxyl groups is 1. The minimum Gasteiger partial charge on any atom is -0.490 e. The van der Waals surface area contributed by atoms with Crippen LogP contribution in [-0.4, -0.2) is 30.1 Å². The maximum Gasteiger partial charge on any atom is 0.308 e. The van der Waals surface area contributed by atoms with Gasteiger partial charge in [-0.15, -0.1) is 0 Å². The molecular weight excluding hydrogens is 272 g/mol. The lowest BCUT2D eigenvalue weighted by molar-refractivity contribution is -0.132. The molecule has 0 aliphatic carbocycles. The van der Waals surface area contributed by atoms with Crippen LogP contribution in [0.25, 0.3) is 0 Å². The van der Waals surface area contributed by atoms with Gasteiger partial charge in [-0.3, -0.25) is 9.59 Å². The van der Waals surface area contributed by atoms with Crippen molar-refractivity contribution < 1.29 is 24.2 Å². The van der Waals surface area contributed by atoms with Gasteiger partial charge in [0.25, 0.3) is 0 Å². The van der Waals surface area contributed by atoms with Crippen molar-refractivity contribution in [1.29, 1.82) is 0 Å². The van der Waals surface area contributed by atoms with Gasteiger partial charge in [-0.1, -0.05) is 13.0 Å². The molecule has 21 heavy (non-hydrogen) atoms. The summed E-state index contributed by atoms with van der Waals surface area (Å²) in [6, 6.07) is 5.44. The second kappa shape index (κ2) is 9.13. The average Bonchev–Trinajstić information content (AvgIpc) is 2.44. The topological polar surface area (TPSA) is 72.8 Å². The van der Waals surface area contributed by atoms with Gasteiger partial charge in [-0.05, 0) is 30.5 Å². The highest BCUT2D eigenvalue weighted by Gasteiger charge is 2.09. The van der Waals surface area contributed by atoms with E-state index in [0.29, 0.717) is 30.9 Å². The summed E-state index contributed by atoms with van der Waals surface area (Å²) in [5.41, 5.74) is 1.08. The van der Waals surface area contributed by atoms with Crippen LogP contribution < -0.4 is 9.47 Å². The SMILES string of the molecule is CCc1ccc(OC(C)=O)c(OCCCC(=O)CCO)c1. The average molecular weight is 294 g/mol. The summed E-state index contributed by atoms with van der Waals surface area (Å²) < 4.78 is 10.7. The third-order valence-electron chi connectivity index (χ3n) is 2.92. The van der Waals surface area contributed by atoms with Crippen LogP contribution in [0.4, 0.5) is 0 Å². The molecule has 1 aromatic rings. The summed E-state index contributed by atoms with van der Waals surface area (Å²) >= 11 is 0. The Morgan fingerprint density at radius 2 is 1.95 bits per heavy atom. The smallest absolute Gasteiger partial charge is 0.308 e. The van der Waals surface area contributed by atoms with Crippen LogP contribution in [0.5, 0.6) is 11.5 Å². The molecule has 0 radical (unpaired) electrons. The van der Waals surface area contributed by atoms with Crippen LogP contribution in [0, 0.1) is 0 Å². The van der Waals surface area contributed by atoms with Crippen LogP contribution in [0.3, 0.4) is 0 Å². The van der Waals surface area contributed by atoms with Crippen molar-refractivity contribution in [3.8, 4) is 11.5 Å². The summed E-state index contributed by atoms with van der Waals surface area (Å²) in [6.07, 6.45) is 1.97. The lowest BCUT2D eigenvalue weighted by Gasteiger charge is -2.12. The van der Waals surface area contributed by atoms with Crippen molar-refractivity contribution in [3.05, 3.63) is 23.8 Å². The molecule has 1 aromatic carbocycles. The lowest BCUT2D eigenvalue weighted by Crippen LogP contribution is -2.07. The van der Waals surface area contributed by atoms with Gasteiger partial charge in [0.05, 0.1) is 6.61 Å². The van der Waals surface area contributed by atoms with Gasteiger partial charge < -0.3 is 14.6 Å². The first-order valence-corrected chi connectivity index (χ1v) is 7.13. The molecule has 0 unspecified atom stereocenters. The number of Topliss-reactive ketones (excluding diaryl/α,β-unsaturated/α-hetero) is 1. The molecule has 1 N–H and O–H groups in total. The Morgan fingerprint density at radius 1 is 1.19 bits per heavy atom. The highest BCUT2D eigenvalue weighted by molar-refractivity contribution is 5.78. The number of hydrogen-bond donors (Lipinski definition) is 1. The van der Waals surface area contributed by atoms with E-state index in [1.165, 1.54) is 6.92 Å². The van der Waals surface area contributed by atoms with E-state index in [-0.39, 0.29) is 18.8 Å². The Balaban J connectivity index is 2.58. The van der Waals surface area contributed by atoms with E-state index in [0.717, 1.165) is 12.0 Å². The zero-order valence-corrected chi connectivity index (χ0v) is 12.6. The van der Waals surface area contributed by atoms with Crippen molar-refractivity contribution in [2.24, 2.45) is 0 Å². The number of hydrogen-bond acceptors (Lipinski definition) is 5. The standard InChI is InChI=1S/C16H22O5/c1-3-13-6-7-15(21-12(2)18)16(11-13)20-10-4-5-14(19)8-9-17/h6-7,11,17H,3-5,8-10H2,1-2H3. The maximum absolute atomic E-state index is 11.3. The van der Waals surface area contributed by atoms with E-state index in [4.69, 9.17) is 14.6 Å². The van der Waals surface area contributed by atoms with E-state index in [9.17, 15) is 9.59 Å². The number of ketones is 1. The summed E-state index contributed by atoms with van der Waals surface area (Å²) in [7, 11) is 0. The Hall–Kier alpha value is -1.88. The van der Waals surface area contributed by atoms with Crippen molar-refractivity contribution in [2.75, 3.05) is 13.2 Å². The molecule has 5 nitrogen and oxygen atoms in total. The molecule has 0 bridgehead atoms. The first kappa shape index (κ1) is 17.2. The third kappa shape index (κ3) is 6.40. The molecule has 0 fully saturated rings. The van der Waals surface area contributed by atoms with Gasteiger partial charge in [0.15, 0.2) is 11.5 Å². The molecule has 0 spiro atoms. The molecular formula is C16H22O5. The van der Waals surface area contributed by atoms with E-state index in [1.807, 2.05) is 19.1 Å². The molecule has 116 valence electrons. The fraction of sp³-hybridized carbons (Fsp3) is 0.500. The molecule has 0 amide bonds. The second-order valence-electron chi connectivity index (χ2n) is 4.69. The fourth-order valence-corrected chi connectivity index (χ4v) is 1.83. The zero-order valence-electron chi connectivity index (χ0n) is 12.6. The molecule has 0 saturated heterocycles. The minimum atomic E-state index is -0.401. The van der Waals surface area contributed by atoms with Crippen molar-refractivity contribution in [3.63, 3.8) is 0 Å². The van der Waals surface area contributed by atoms with Crippen molar-refractivity contribution >= 4 is 11.8 Å². The first-order chi connectivity index (χ1) is 10.1. The van der Waals surface area contributed by atoms with Gasteiger partial charge in [0, 0.05) is 26.4 Å². The normalized spacial score (nSPS) is 10.2. The highest BCUT2D eigenvalue weighted by Crippen LogP contribution is 2.29. The number of carbonyl (C=O) groups is 2. The highest BCUT2D eigenvalue weighted by atomic mass is 16.6. The van der Waals surface area contributed by atoms with E-state index < -0.39 is 5.97 Å². The van der Waals surface area contributed by atoms with Gasteiger partial charge in [0.2, 0.25) is 0 Å². The predicted octanol–water partition coefficient (Wildman–Crippen LogP) is 2.28. The summed E-state index contributed by atoms with van der Waals surface area (Å²) in [5.74, 6) is 0.520. The summed E-state index contributed by atoms with van der Waals surface area (Å²) in [5, 5.41) is 8.65. The first-order valence-electron chi connectivity index (χ1n) is 7.13. The lowest BCUT2D eigenvalue weighted by atomic mass is 10.1. The Kier molecular flexibility index (Phi) is 7.46. The fourth-order valence-electron chi connectivity index (χ4n) is 1.83. The molecule has 0 saturated carbocycles. The summed E-state index contributed by atoms with van der Waals surface area (Å²) in [6.45, 7) is 3.61. The molecule has 0 aromatic heterocycles. The van der Waals surface area contributed by atoms with Gasteiger partial charge in [-0.2, -0.15) is 0 Å². The Bertz CT molecular complexity index is 482. The number of carbonyl (C=O) groups excluding carboxylic acids is 2. The second-order valence-corrected chi connectivity index (χ2v) is 4.69. The molecule has 0 heterocycles. The zero-order chi connectivity index (χ0) is 15.7. The molecule has 0 atom stereocenters. The van der Waals surface area contributed by atoms with Crippen LogP contribution in [0.1, 0.15) is 38.7 Å². The van der Waals surface area contributed by atoms with Crippen molar-refractivity contribution in [1.82, 2.24) is 0 Å². The van der Waals surface area contributed by atoms with Crippen LogP contribution in [-0.2, 0) is 16.0 Å². The molecule has 5 heteroatoms. The quantitative estimate of drug-likeness (QED) is 0.430. The number of esters is 1. The van der Waals surface area contributed by atoms with E-state index >= 15 is 0 Å². The Labute approximate surface area is 124 Å². The molecule has 0 aliphatic heterocycles. The van der Waals surface area contributed by atoms with E-state index in [2.05, 4.69) is 0 Å². The molecule has 0 aliphatic rings.